The van der Waals surface area contributed by atoms with Crippen molar-refractivity contribution in [1.29, 1.82) is 0 Å². The number of benzene rings is 1. The van der Waals surface area contributed by atoms with Crippen LogP contribution in [0.15, 0.2) is 43.0 Å². The number of nitrogens with one attached hydrogen (secondary N) is 1. The summed E-state index contributed by atoms with van der Waals surface area (Å²) in [6, 6.07) is 7.45. The van der Waals surface area contributed by atoms with Gasteiger partial charge in [0, 0.05) is 18.3 Å². The number of amides is 1. The number of aromatic nitrogens is 3. The van der Waals surface area contributed by atoms with Gasteiger partial charge in [0.15, 0.2) is 0 Å². The van der Waals surface area contributed by atoms with E-state index in [2.05, 4.69) is 29.1 Å². The molecule has 0 atom stereocenters. The Kier molecular flexibility index (Phi) is 5.68. The van der Waals surface area contributed by atoms with Gasteiger partial charge in [-0.1, -0.05) is 26.0 Å². The molecule has 2 heterocycles. The molecule has 3 aromatic rings. The first kappa shape index (κ1) is 18.1. The quantitative estimate of drug-likeness (QED) is 0.680. The molecule has 1 N–H and O–H groups in total. The maximum absolute atomic E-state index is 12.7. The zero-order valence-electron chi connectivity index (χ0n) is 15.1. The van der Waals surface area contributed by atoms with E-state index in [0.29, 0.717) is 35.4 Å². The number of hydrogen-bond acceptors (Lipinski definition) is 5. The lowest BCUT2D eigenvalue weighted by molar-refractivity contribution is 0.102. The third-order valence-corrected chi connectivity index (χ3v) is 5.27. The van der Waals surface area contributed by atoms with Gasteiger partial charge in [0.1, 0.15) is 17.2 Å². The van der Waals surface area contributed by atoms with E-state index in [1.165, 1.54) is 11.3 Å². The van der Waals surface area contributed by atoms with Crippen LogP contribution in [0.5, 0.6) is 5.75 Å². The largest absolute Gasteiger partial charge is 0.490 e. The number of hydrogen-bond donors (Lipinski definition) is 1. The Morgan fingerprint density at radius 1 is 1.35 bits per heavy atom. The third-order valence-electron chi connectivity index (χ3n) is 3.81. The van der Waals surface area contributed by atoms with Crippen molar-refractivity contribution >= 4 is 22.9 Å². The molecule has 6 nitrogen and oxygen atoms in total. The highest BCUT2D eigenvalue weighted by molar-refractivity contribution is 7.14. The van der Waals surface area contributed by atoms with E-state index in [4.69, 9.17) is 4.74 Å². The number of aryl methyl sites for hydroxylation is 1. The van der Waals surface area contributed by atoms with Crippen LogP contribution in [-0.2, 0) is 6.54 Å². The van der Waals surface area contributed by atoms with E-state index in [0.717, 1.165) is 10.7 Å². The van der Waals surface area contributed by atoms with Gasteiger partial charge in [-0.3, -0.25) is 4.79 Å². The molecule has 0 aliphatic heterocycles. The minimum absolute atomic E-state index is 0.155. The van der Waals surface area contributed by atoms with Crippen molar-refractivity contribution < 1.29 is 9.53 Å². The molecular weight excluding hydrogens is 348 g/mol. The van der Waals surface area contributed by atoms with Gasteiger partial charge in [0.05, 0.1) is 29.3 Å². The Morgan fingerprint density at radius 2 is 2.15 bits per heavy atom. The zero-order valence-corrected chi connectivity index (χ0v) is 15.9. The molecule has 136 valence electrons. The van der Waals surface area contributed by atoms with E-state index >= 15 is 0 Å². The zero-order chi connectivity index (χ0) is 18.5. The number of imidazole rings is 1. The molecule has 0 spiro atoms. The van der Waals surface area contributed by atoms with Crippen LogP contribution in [0.2, 0.25) is 0 Å². The lowest BCUT2D eigenvalue weighted by Crippen LogP contribution is -2.13. The van der Waals surface area contributed by atoms with Crippen molar-refractivity contribution in [2.24, 2.45) is 0 Å². The standard InChI is InChI=1S/C19H22N4O2S/c1-13(2)19-21-14(3)17(26-19)18(24)22-15-6-4-5-7-16(15)25-11-10-23-9-8-20-12-23/h4-9,12-13H,10-11H2,1-3H3,(H,22,24). The summed E-state index contributed by atoms with van der Waals surface area (Å²) in [5.74, 6) is 0.795. The van der Waals surface area contributed by atoms with Crippen LogP contribution >= 0.6 is 11.3 Å². The average Bonchev–Trinajstić information content (AvgIpc) is 3.26. The van der Waals surface area contributed by atoms with Crippen LogP contribution in [0, 0.1) is 6.92 Å². The fourth-order valence-electron chi connectivity index (χ4n) is 2.43. The molecule has 0 saturated heterocycles. The molecule has 0 radical (unpaired) electrons. The molecule has 0 aliphatic carbocycles. The van der Waals surface area contributed by atoms with Crippen LogP contribution in [0.3, 0.4) is 0 Å². The number of carbonyl (C=O) groups excluding carboxylic acids is 1. The molecule has 3 rings (SSSR count). The fraction of sp³-hybridized carbons (Fsp3) is 0.316. The Labute approximate surface area is 156 Å². The highest BCUT2D eigenvalue weighted by Gasteiger charge is 2.18. The maximum Gasteiger partial charge on any atom is 0.267 e. The van der Waals surface area contributed by atoms with Crippen molar-refractivity contribution in [3.63, 3.8) is 0 Å². The van der Waals surface area contributed by atoms with Crippen LogP contribution in [0.1, 0.15) is 40.1 Å². The minimum atomic E-state index is -0.155. The van der Waals surface area contributed by atoms with Crippen LogP contribution < -0.4 is 10.1 Å². The molecule has 0 bridgehead atoms. The molecule has 26 heavy (non-hydrogen) atoms. The number of nitrogens with zero attached hydrogens (tertiary/aromatic N) is 3. The SMILES string of the molecule is Cc1nc(C(C)C)sc1C(=O)Nc1ccccc1OCCn1ccnc1. The van der Waals surface area contributed by atoms with Crippen molar-refractivity contribution in [3.05, 3.63) is 58.6 Å². The highest BCUT2D eigenvalue weighted by Crippen LogP contribution is 2.28. The van der Waals surface area contributed by atoms with E-state index in [9.17, 15) is 4.79 Å². The second kappa shape index (κ2) is 8.14. The van der Waals surface area contributed by atoms with Gasteiger partial charge in [-0.2, -0.15) is 0 Å². The second-order valence-corrected chi connectivity index (χ2v) is 7.25. The lowest BCUT2D eigenvalue weighted by Gasteiger charge is -2.12. The van der Waals surface area contributed by atoms with Crippen LogP contribution in [0.4, 0.5) is 5.69 Å². The Morgan fingerprint density at radius 3 is 2.85 bits per heavy atom. The summed E-state index contributed by atoms with van der Waals surface area (Å²) in [6.45, 7) is 7.19. The second-order valence-electron chi connectivity index (χ2n) is 6.22. The Bertz CT molecular complexity index is 872. The first-order valence-corrected chi connectivity index (χ1v) is 9.32. The summed E-state index contributed by atoms with van der Waals surface area (Å²) in [6.07, 6.45) is 5.36. The highest BCUT2D eigenvalue weighted by atomic mass is 32.1. The first-order valence-electron chi connectivity index (χ1n) is 8.51. The van der Waals surface area contributed by atoms with Gasteiger partial charge in [0.25, 0.3) is 5.91 Å². The molecule has 7 heteroatoms. The van der Waals surface area contributed by atoms with E-state index in [1.54, 1.807) is 12.5 Å². The van der Waals surface area contributed by atoms with E-state index < -0.39 is 0 Å². The molecular formula is C19H22N4O2S. The molecule has 0 unspecified atom stereocenters. The topological polar surface area (TPSA) is 69.0 Å². The predicted octanol–water partition coefficient (Wildman–Crippen LogP) is 4.10. The van der Waals surface area contributed by atoms with Gasteiger partial charge in [-0.05, 0) is 19.1 Å². The van der Waals surface area contributed by atoms with Crippen LogP contribution in [-0.4, -0.2) is 27.0 Å². The predicted molar refractivity (Wildman–Crippen MR) is 103 cm³/mol. The number of thiazole rings is 1. The van der Waals surface area contributed by atoms with Gasteiger partial charge in [0.2, 0.25) is 0 Å². The monoisotopic (exact) mass is 370 g/mol. The first-order chi connectivity index (χ1) is 12.5. The lowest BCUT2D eigenvalue weighted by atomic mass is 10.2. The maximum atomic E-state index is 12.7. The number of para-hydroxylation sites is 2. The van der Waals surface area contributed by atoms with Crippen molar-refractivity contribution in [2.75, 3.05) is 11.9 Å². The molecule has 0 fully saturated rings. The molecule has 0 aliphatic rings. The number of ether oxygens (including phenoxy) is 1. The minimum Gasteiger partial charge on any atom is -0.490 e. The van der Waals surface area contributed by atoms with E-state index in [1.807, 2.05) is 42.0 Å². The third kappa shape index (κ3) is 4.29. The molecule has 1 amide bonds. The molecule has 1 aromatic carbocycles. The summed E-state index contributed by atoms with van der Waals surface area (Å²) in [5.41, 5.74) is 1.41. The van der Waals surface area contributed by atoms with Crippen molar-refractivity contribution in [2.45, 2.75) is 33.2 Å². The van der Waals surface area contributed by atoms with Gasteiger partial charge < -0.3 is 14.6 Å². The number of rotatable bonds is 7. The molecule has 0 saturated carbocycles. The summed E-state index contributed by atoms with van der Waals surface area (Å²) in [4.78, 5) is 21.8. The van der Waals surface area contributed by atoms with E-state index in [-0.39, 0.29) is 5.91 Å². The summed E-state index contributed by atoms with van der Waals surface area (Å²) < 4.78 is 7.79. The van der Waals surface area contributed by atoms with Crippen molar-refractivity contribution in [3.8, 4) is 5.75 Å². The Balaban J connectivity index is 1.68. The Hall–Kier alpha value is -2.67. The summed E-state index contributed by atoms with van der Waals surface area (Å²) in [5, 5.41) is 3.92. The number of carbonyl (C=O) groups is 1. The van der Waals surface area contributed by atoms with Gasteiger partial charge in [-0.25, -0.2) is 9.97 Å². The normalized spacial score (nSPS) is 10.9. The van der Waals surface area contributed by atoms with Crippen LogP contribution in [0.25, 0.3) is 0 Å². The smallest absolute Gasteiger partial charge is 0.267 e. The summed E-state index contributed by atoms with van der Waals surface area (Å²) in [7, 11) is 0. The fourth-order valence-corrected chi connectivity index (χ4v) is 3.39. The average molecular weight is 370 g/mol. The van der Waals surface area contributed by atoms with Gasteiger partial charge in [-0.15, -0.1) is 11.3 Å². The summed E-state index contributed by atoms with van der Waals surface area (Å²) >= 11 is 1.44. The van der Waals surface area contributed by atoms with Gasteiger partial charge >= 0.3 is 0 Å². The number of anilines is 1. The molecule has 2 aromatic heterocycles. The van der Waals surface area contributed by atoms with Crippen molar-refractivity contribution in [1.82, 2.24) is 14.5 Å².